The molecule has 1 saturated heterocycles. The van der Waals surface area contributed by atoms with Crippen molar-refractivity contribution < 1.29 is 0 Å². The summed E-state index contributed by atoms with van der Waals surface area (Å²) in [6.07, 6.45) is 3.90. The zero-order chi connectivity index (χ0) is 8.10. The zero-order valence-electron chi connectivity index (χ0n) is 7.35. The van der Waals surface area contributed by atoms with Gasteiger partial charge in [0.2, 0.25) is 0 Å². The van der Waals surface area contributed by atoms with Crippen molar-refractivity contribution in [2.24, 2.45) is 5.92 Å². The molecule has 1 rings (SSSR count). The molecule has 1 atom stereocenters. The molecule has 0 aromatic rings. The van der Waals surface area contributed by atoms with Crippen LogP contribution in [0.25, 0.3) is 0 Å². The predicted octanol–water partition coefficient (Wildman–Crippen LogP) is 2.35. The van der Waals surface area contributed by atoms with E-state index in [0.29, 0.717) is 0 Å². The molecule has 0 aliphatic carbocycles. The Hall–Kier alpha value is 0.250. The second kappa shape index (κ2) is 5.00. The summed E-state index contributed by atoms with van der Waals surface area (Å²) < 4.78 is 0. The zero-order valence-corrected chi connectivity index (χ0v) is 8.11. The van der Waals surface area contributed by atoms with Gasteiger partial charge in [-0.1, -0.05) is 13.3 Å². The van der Waals surface area contributed by atoms with E-state index in [1.54, 1.807) is 0 Å². The molecular weight excluding hydrogens is 158 g/mol. The number of alkyl halides is 1. The van der Waals surface area contributed by atoms with Crippen LogP contribution in [-0.2, 0) is 0 Å². The van der Waals surface area contributed by atoms with Crippen molar-refractivity contribution in [2.45, 2.75) is 26.2 Å². The van der Waals surface area contributed by atoms with Crippen molar-refractivity contribution in [3.8, 4) is 0 Å². The molecule has 0 amide bonds. The summed E-state index contributed by atoms with van der Waals surface area (Å²) in [5, 5.41) is 0. The maximum Gasteiger partial charge on any atom is 0.0235 e. The molecule has 0 aromatic heterocycles. The van der Waals surface area contributed by atoms with Gasteiger partial charge in [-0.25, -0.2) is 0 Å². The summed E-state index contributed by atoms with van der Waals surface area (Å²) in [5.41, 5.74) is 0. The largest absolute Gasteiger partial charge is 0.303 e. The second-order valence-electron chi connectivity index (χ2n) is 3.41. The molecule has 1 aliphatic heterocycles. The van der Waals surface area contributed by atoms with E-state index in [4.69, 9.17) is 11.6 Å². The highest BCUT2D eigenvalue weighted by atomic mass is 35.5. The van der Waals surface area contributed by atoms with Crippen LogP contribution >= 0.6 is 11.6 Å². The molecule has 1 unspecified atom stereocenters. The van der Waals surface area contributed by atoms with Gasteiger partial charge < -0.3 is 4.90 Å². The van der Waals surface area contributed by atoms with Crippen LogP contribution in [0.1, 0.15) is 26.2 Å². The van der Waals surface area contributed by atoms with Gasteiger partial charge in [-0.15, -0.1) is 11.6 Å². The van der Waals surface area contributed by atoms with Crippen LogP contribution in [0.3, 0.4) is 0 Å². The molecular formula is C9H18ClN. The minimum atomic E-state index is 0.813. The molecule has 11 heavy (non-hydrogen) atoms. The molecule has 1 aliphatic rings. The maximum atomic E-state index is 5.62. The second-order valence-corrected chi connectivity index (χ2v) is 3.78. The quantitative estimate of drug-likeness (QED) is 0.593. The number of rotatable bonds is 4. The van der Waals surface area contributed by atoms with Gasteiger partial charge in [-0.3, -0.25) is 0 Å². The standard InChI is InChI=1S/C9H18ClN/c1-2-9-4-7-11(8-9)6-3-5-10/h9H,2-8H2,1H3. The fourth-order valence-corrected chi connectivity index (χ4v) is 1.85. The lowest BCUT2D eigenvalue weighted by Crippen LogP contribution is -2.22. The molecule has 0 bridgehead atoms. The maximum absolute atomic E-state index is 5.62. The third-order valence-electron chi connectivity index (χ3n) is 2.56. The monoisotopic (exact) mass is 175 g/mol. The number of hydrogen-bond acceptors (Lipinski definition) is 1. The van der Waals surface area contributed by atoms with Crippen LogP contribution in [0.5, 0.6) is 0 Å². The Labute approximate surface area is 74.7 Å². The molecule has 66 valence electrons. The number of halogens is 1. The highest BCUT2D eigenvalue weighted by Gasteiger charge is 2.19. The van der Waals surface area contributed by atoms with E-state index in [-0.39, 0.29) is 0 Å². The van der Waals surface area contributed by atoms with Gasteiger partial charge in [-0.2, -0.15) is 0 Å². The van der Waals surface area contributed by atoms with Crippen molar-refractivity contribution in [3.05, 3.63) is 0 Å². The Balaban J connectivity index is 2.09. The van der Waals surface area contributed by atoms with E-state index in [2.05, 4.69) is 11.8 Å². The summed E-state index contributed by atoms with van der Waals surface area (Å²) in [4.78, 5) is 2.54. The number of hydrogen-bond donors (Lipinski definition) is 0. The predicted molar refractivity (Wildman–Crippen MR) is 50.2 cm³/mol. The molecule has 1 nitrogen and oxygen atoms in total. The van der Waals surface area contributed by atoms with Gasteiger partial charge in [0.25, 0.3) is 0 Å². The molecule has 0 spiro atoms. The lowest BCUT2D eigenvalue weighted by molar-refractivity contribution is 0.324. The van der Waals surface area contributed by atoms with Crippen LogP contribution < -0.4 is 0 Å². The smallest absolute Gasteiger partial charge is 0.0235 e. The van der Waals surface area contributed by atoms with Crippen LogP contribution in [0.2, 0.25) is 0 Å². The van der Waals surface area contributed by atoms with Gasteiger partial charge in [-0.05, 0) is 31.8 Å². The third kappa shape index (κ3) is 3.00. The fourth-order valence-electron chi connectivity index (χ4n) is 1.73. The SMILES string of the molecule is CCC1CCN(CCCCl)C1. The number of likely N-dealkylation sites (tertiary alicyclic amines) is 1. The van der Waals surface area contributed by atoms with Gasteiger partial charge in [0.05, 0.1) is 0 Å². The van der Waals surface area contributed by atoms with Crippen molar-refractivity contribution in [2.75, 3.05) is 25.5 Å². The van der Waals surface area contributed by atoms with Crippen molar-refractivity contribution in [1.29, 1.82) is 0 Å². The molecule has 0 radical (unpaired) electrons. The van der Waals surface area contributed by atoms with Crippen molar-refractivity contribution >= 4 is 11.6 Å². The molecule has 2 heteroatoms. The first-order valence-corrected chi connectivity index (χ1v) is 5.18. The van der Waals surface area contributed by atoms with Crippen molar-refractivity contribution in [1.82, 2.24) is 4.90 Å². The van der Waals surface area contributed by atoms with Gasteiger partial charge in [0.1, 0.15) is 0 Å². The Bertz CT molecular complexity index is 106. The summed E-state index contributed by atoms with van der Waals surface area (Å²) >= 11 is 5.62. The van der Waals surface area contributed by atoms with Crippen molar-refractivity contribution in [3.63, 3.8) is 0 Å². The highest BCUT2D eigenvalue weighted by molar-refractivity contribution is 6.17. The van der Waals surface area contributed by atoms with E-state index in [1.807, 2.05) is 0 Å². The molecule has 1 heterocycles. The van der Waals surface area contributed by atoms with Crippen LogP contribution in [-0.4, -0.2) is 30.4 Å². The first kappa shape index (κ1) is 9.34. The normalized spacial score (nSPS) is 26.2. The van der Waals surface area contributed by atoms with E-state index >= 15 is 0 Å². The number of nitrogens with zero attached hydrogens (tertiary/aromatic N) is 1. The van der Waals surface area contributed by atoms with Gasteiger partial charge in [0, 0.05) is 12.4 Å². The Kier molecular flexibility index (Phi) is 4.24. The molecule has 0 N–H and O–H groups in total. The Morgan fingerprint density at radius 2 is 2.36 bits per heavy atom. The molecule has 0 saturated carbocycles. The Morgan fingerprint density at radius 3 is 2.91 bits per heavy atom. The molecule has 0 aromatic carbocycles. The highest BCUT2D eigenvalue weighted by Crippen LogP contribution is 2.18. The van der Waals surface area contributed by atoms with Crippen LogP contribution in [0.15, 0.2) is 0 Å². The first-order chi connectivity index (χ1) is 5.36. The van der Waals surface area contributed by atoms with Gasteiger partial charge >= 0.3 is 0 Å². The van der Waals surface area contributed by atoms with Gasteiger partial charge in [0.15, 0.2) is 0 Å². The van der Waals surface area contributed by atoms with Crippen LogP contribution in [0, 0.1) is 5.92 Å². The van der Waals surface area contributed by atoms with E-state index in [0.717, 1.165) is 18.2 Å². The summed E-state index contributed by atoms with van der Waals surface area (Å²) in [6.45, 7) is 6.11. The van der Waals surface area contributed by atoms with E-state index in [1.165, 1.54) is 32.5 Å². The molecule has 1 fully saturated rings. The lowest BCUT2D eigenvalue weighted by Gasteiger charge is -2.13. The minimum Gasteiger partial charge on any atom is -0.303 e. The average Bonchev–Trinajstić information content (AvgIpc) is 2.48. The summed E-state index contributed by atoms with van der Waals surface area (Å²) in [5.74, 6) is 1.78. The fraction of sp³-hybridized carbons (Fsp3) is 1.00. The Morgan fingerprint density at radius 1 is 1.55 bits per heavy atom. The average molecular weight is 176 g/mol. The van der Waals surface area contributed by atoms with E-state index < -0.39 is 0 Å². The minimum absolute atomic E-state index is 0.813. The van der Waals surface area contributed by atoms with Crippen LogP contribution in [0.4, 0.5) is 0 Å². The summed E-state index contributed by atoms with van der Waals surface area (Å²) in [6, 6.07) is 0. The third-order valence-corrected chi connectivity index (χ3v) is 2.82. The summed E-state index contributed by atoms with van der Waals surface area (Å²) in [7, 11) is 0. The topological polar surface area (TPSA) is 3.24 Å². The first-order valence-electron chi connectivity index (χ1n) is 4.65. The lowest BCUT2D eigenvalue weighted by atomic mass is 10.1. The van der Waals surface area contributed by atoms with E-state index in [9.17, 15) is 0 Å².